The Hall–Kier alpha value is -4.36. The molecule has 0 aromatic heterocycles. The van der Waals surface area contributed by atoms with Gasteiger partial charge in [-0.05, 0) is 70.6 Å². The molecule has 1 saturated heterocycles. The van der Waals surface area contributed by atoms with Crippen LogP contribution in [0.25, 0.3) is 0 Å². The van der Waals surface area contributed by atoms with Crippen molar-refractivity contribution in [2.75, 3.05) is 13.2 Å². The van der Waals surface area contributed by atoms with E-state index >= 15 is 0 Å². The van der Waals surface area contributed by atoms with Gasteiger partial charge < -0.3 is 30.0 Å². The van der Waals surface area contributed by atoms with Gasteiger partial charge in [-0.25, -0.2) is 4.79 Å². The topological polar surface area (TPSA) is 123 Å². The number of amides is 2. The lowest BCUT2D eigenvalue weighted by molar-refractivity contribution is -0.157. The summed E-state index contributed by atoms with van der Waals surface area (Å²) in [5.74, 6) is -2.49. The van der Waals surface area contributed by atoms with Crippen molar-refractivity contribution in [2.45, 2.75) is 37.1 Å². The number of nitrogens with one attached hydrogen (secondary N) is 2. The van der Waals surface area contributed by atoms with Crippen LogP contribution in [0.1, 0.15) is 43.8 Å². The van der Waals surface area contributed by atoms with E-state index < -0.39 is 30.1 Å². The lowest BCUT2D eigenvalue weighted by Crippen LogP contribution is -2.43. The lowest BCUT2D eigenvalue weighted by atomic mass is 9.91. The molecular formula is C37H33IN2O7. The Labute approximate surface area is 286 Å². The van der Waals surface area contributed by atoms with Gasteiger partial charge in [0.05, 0.1) is 12.2 Å². The Bertz CT molecular complexity index is 1720. The predicted molar refractivity (Wildman–Crippen MR) is 182 cm³/mol. The van der Waals surface area contributed by atoms with Crippen LogP contribution < -0.4 is 10.6 Å². The van der Waals surface area contributed by atoms with E-state index in [2.05, 4.69) is 33.2 Å². The number of rotatable bonds is 10. The third-order valence-corrected chi connectivity index (χ3v) is 8.78. The van der Waals surface area contributed by atoms with Gasteiger partial charge >= 0.3 is 5.97 Å². The van der Waals surface area contributed by atoms with E-state index in [0.29, 0.717) is 16.7 Å². The first kappa shape index (κ1) is 32.6. The number of ether oxygens (including phenoxy) is 3. The average molecular weight is 745 g/mol. The third-order valence-electron chi connectivity index (χ3n) is 8.06. The summed E-state index contributed by atoms with van der Waals surface area (Å²) in [5, 5.41) is 14.6. The van der Waals surface area contributed by atoms with Gasteiger partial charge in [-0.1, -0.05) is 72.8 Å². The van der Waals surface area contributed by atoms with E-state index in [-0.39, 0.29) is 37.9 Å². The summed E-state index contributed by atoms with van der Waals surface area (Å²) < 4.78 is 20.6. The standard InChI is InChI=1S/C37H33IN2O7/c38-30-16-14-25(15-17-30)36(44)45-31-21-27(35(43)40-23-24-8-7-9-26(20-24)34(42)39-18-19-41)22-32-33(31)47-37(46-32,28-10-3-1-4-11-28)29-12-5-2-6-13-29/h1-17,20,22,31-33,41H,18-19,21,23H2,(H,39,42)(H,40,43). The Balaban J connectivity index is 1.28. The number of esters is 1. The Kier molecular flexibility index (Phi) is 10.1. The van der Waals surface area contributed by atoms with Crippen LogP contribution in [-0.2, 0) is 31.3 Å². The van der Waals surface area contributed by atoms with Crippen LogP contribution in [-0.4, -0.2) is 54.4 Å². The summed E-state index contributed by atoms with van der Waals surface area (Å²) in [6.45, 7) is 0.146. The average Bonchev–Trinajstić information content (AvgIpc) is 3.52. The largest absolute Gasteiger partial charge is 0.456 e. The zero-order chi connectivity index (χ0) is 32.8. The molecule has 47 heavy (non-hydrogen) atoms. The quantitative estimate of drug-likeness (QED) is 0.157. The molecule has 10 heteroatoms. The zero-order valence-electron chi connectivity index (χ0n) is 25.3. The van der Waals surface area contributed by atoms with Crippen molar-refractivity contribution < 1.29 is 33.7 Å². The van der Waals surface area contributed by atoms with Gasteiger partial charge in [0.15, 0.2) is 0 Å². The minimum atomic E-state index is -1.30. The molecule has 1 aliphatic carbocycles. The third kappa shape index (κ3) is 7.31. The van der Waals surface area contributed by atoms with Crippen molar-refractivity contribution in [3.8, 4) is 0 Å². The van der Waals surface area contributed by atoms with Crippen LogP contribution in [0.15, 0.2) is 121 Å². The van der Waals surface area contributed by atoms with Gasteiger partial charge in [0.1, 0.15) is 18.3 Å². The van der Waals surface area contributed by atoms with E-state index in [1.54, 1.807) is 36.4 Å². The highest BCUT2D eigenvalue weighted by atomic mass is 127. The van der Waals surface area contributed by atoms with Gasteiger partial charge in [0, 0.05) is 45.3 Å². The van der Waals surface area contributed by atoms with Gasteiger partial charge in [-0.2, -0.15) is 0 Å². The molecule has 1 aliphatic heterocycles. The molecule has 0 spiro atoms. The maximum atomic E-state index is 13.6. The normalized spacial score (nSPS) is 19.6. The van der Waals surface area contributed by atoms with Gasteiger partial charge in [-0.15, -0.1) is 0 Å². The molecule has 2 aliphatic rings. The molecular weight excluding hydrogens is 711 g/mol. The number of fused-ring (bicyclic) bond motifs is 1. The Morgan fingerprint density at radius 3 is 2.15 bits per heavy atom. The number of hydrogen-bond acceptors (Lipinski definition) is 7. The lowest BCUT2D eigenvalue weighted by Gasteiger charge is -2.31. The summed E-state index contributed by atoms with van der Waals surface area (Å²) in [6.07, 6.45) is -0.380. The van der Waals surface area contributed by atoms with E-state index in [9.17, 15) is 14.4 Å². The second-order valence-corrected chi connectivity index (χ2v) is 12.5. The molecule has 2 amide bonds. The van der Waals surface area contributed by atoms with Crippen LogP contribution in [0.4, 0.5) is 0 Å². The fourth-order valence-corrected chi connectivity index (χ4v) is 6.13. The van der Waals surface area contributed by atoms with Gasteiger partial charge in [0.2, 0.25) is 11.7 Å². The molecule has 4 aromatic carbocycles. The van der Waals surface area contributed by atoms with Crippen molar-refractivity contribution in [2.24, 2.45) is 0 Å². The molecule has 3 unspecified atom stereocenters. The SMILES string of the molecule is O=C(NCc1cccc(C(=O)NCCO)c1)C1=CC2OC(c3ccccc3)(c3ccccc3)OC2C(OC(=O)c2ccc(I)cc2)C1. The van der Waals surface area contributed by atoms with Crippen LogP contribution in [0.5, 0.6) is 0 Å². The van der Waals surface area contributed by atoms with E-state index in [1.165, 1.54) is 0 Å². The molecule has 3 N–H and O–H groups in total. The van der Waals surface area contributed by atoms with E-state index in [0.717, 1.165) is 20.3 Å². The van der Waals surface area contributed by atoms with E-state index in [4.69, 9.17) is 19.3 Å². The van der Waals surface area contributed by atoms with Crippen LogP contribution >= 0.6 is 22.6 Å². The molecule has 3 atom stereocenters. The predicted octanol–water partition coefficient (Wildman–Crippen LogP) is 4.87. The van der Waals surface area contributed by atoms with E-state index in [1.807, 2.05) is 78.9 Å². The van der Waals surface area contributed by atoms with Crippen molar-refractivity contribution >= 4 is 40.4 Å². The van der Waals surface area contributed by atoms with Crippen molar-refractivity contribution in [1.29, 1.82) is 0 Å². The molecule has 0 radical (unpaired) electrons. The minimum absolute atomic E-state index is 0.107. The highest BCUT2D eigenvalue weighted by Gasteiger charge is 2.54. The minimum Gasteiger partial charge on any atom is -0.456 e. The summed E-state index contributed by atoms with van der Waals surface area (Å²) >= 11 is 2.17. The summed E-state index contributed by atoms with van der Waals surface area (Å²) in [5.41, 5.74) is 3.46. The highest BCUT2D eigenvalue weighted by Crippen LogP contribution is 2.47. The number of halogens is 1. The molecule has 6 rings (SSSR count). The molecule has 0 bridgehead atoms. The molecule has 0 saturated carbocycles. The molecule has 1 fully saturated rings. The monoisotopic (exact) mass is 744 g/mol. The summed E-state index contributed by atoms with van der Waals surface area (Å²) in [4.78, 5) is 39.4. The fourth-order valence-electron chi connectivity index (χ4n) is 5.77. The molecule has 240 valence electrons. The van der Waals surface area contributed by atoms with Crippen molar-refractivity contribution in [3.05, 3.63) is 152 Å². The molecule has 9 nitrogen and oxygen atoms in total. The zero-order valence-corrected chi connectivity index (χ0v) is 27.5. The first-order chi connectivity index (χ1) is 22.9. The number of benzene rings is 4. The summed E-state index contributed by atoms with van der Waals surface area (Å²) in [7, 11) is 0. The second kappa shape index (κ2) is 14.6. The van der Waals surface area contributed by atoms with Crippen LogP contribution in [0.2, 0.25) is 0 Å². The fraction of sp³-hybridized carbons (Fsp3) is 0.216. The first-order valence-corrected chi connectivity index (χ1v) is 16.3. The number of aliphatic hydroxyl groups excluding tert-OH is 1. The van der Waals surface area contributed by atoms with Gasteiger partial charge in [-0.3, -0.25) is 9.59 Å². The van der Waals surface area contributed by atoms with Crippen molar-refractivity contribution in [1.82, 2.24) is 10.6 Å². The molecule has 1 heterocycles. The first-order valence-electron chi connectivity index (χ1n) is 15.3. The number of carbonyl (C=O) groups excluding carboxylic acids is 3. The maximum absolute atomic E-state index is 13.6. The highest BCUT2D eigenvalue weighted by molar-refractivity contribution is 14.1. The number of carbonyl (C=O) groups is 3. The Morgan fingerprint density at radius 1 is 0.809 bits per heavy atom. The summed E-state index contributed by atoms with van der Waals surface area (Å²) in [6, 6.07) is 33.1. The smallest absolute Gasteiger partial charge is 0.338 e. The number of aliphatic hydroxyl groups is 1. The maximum Gasteiger partial charge on any atom is 0.338 e. The second-order valence-electron chi connectivity index (χ2n) is 11.2. The van der Waals surface area contributed by atoms with Crippen molar-refractivity contribution in [3.63, 3.8) is 0 Å². The van der Waals surface area contributed by atoms with Crippen LogP contribution in [0, 0.1) is 3.57 Å². The number of hydrogen-bond donors (Lipinski definition) is 3. The van der Waals surface area contributed by atoms with Crippen LogP contribution in [0.3, 0.4) is 0 Å². The molecule has 4 aromatic rings. The van der Waals surface area contributed by atoms with Gasteiger partial charge in [0.25, 0.3) is 5.91 Å². The Morgan fingerprint density at radius 2 is 1.49 bits per heavy atom.